The van der Waals surface area contributed by atoms with Crippen molar-refractivity contribution in [1.29, 1.82) is 0 Å². The second-order valence-electron chi connectivity index (χ2n) is 4.33. The molecule has 0 amide bonds. The predicted octanol–water partition coefficient (Wildman–Crippen LogP) is 3.53. The van der Waals surface area contributed by atoms with E-state index >= 15 is 0 Å². The van der Waals surface area contributed by atoms with E-state index in [2.05, 4.69) is 54.2 Å². The van der Waals surface area contributed by atoms with E-state index in [0.717, 1.165) is 23.9 Å². The quantitative estimate of drug-likeness (QED) is 0.471. The van der Waals surface area contributed by atoms with Crippen molar-refractivity contribution >= 4 is 22.8 Å². The maximum Gasteiger partial charge on any atom is 0.179 e. The normalized spacial score (nSPS) is 12.0. The molecule has 1 aromatic carbocycles. The predicted molar refractivity (Wildman–Crippen MR) is 82.5 cm³/mol. The molecule has 0 saturated carbocycles. The molecule has 0 atom stereocenters. The molecule has 0 aliphatic carbocycles. The first-order valence-electron chi connectivity index (χ1n) is 6.32. The van der Waals surface area contributed by atoms with Crippen molar-refractivity contribution in [2.24, 2.45) is 4.99 Å². The maximum absolute atomic E-state index is 4.70. The third-order valence-corrected chi connectivity index (χ3v) is 3.95. The summed E-state index contributed by atoms with van der Waals surface area (Å²) in [5.74, 6) is 0. The summed E-state index contributed by atoms with van der Waals surface area (Å²) >= 11 is 1.71. The Bertz CT molecular complexity index is 381. The average Bonchev–Trinajstić information content (AvgIpc) is 2.36. The van der Waals surface area contributed by atoms with Crippen LogP contribution >= 0.6 is 11.9 Å². The van der Waals surface area contributed by atoms with Gasteiger partial charge in [0.25, 0.3) is 0 Å². The third-order valence-electron chi connectivity index (χ3n) is 2.56. The van der Waals surface area contributed by atoms with E-state index in [1.807, 2.05) is 14.1 Å². The number of amidine groups is 1. The van der Waals surface area contributed by atoms with Crippen LogP contribution in [0, 0.1) is 6.92 Å². The number of benzene rings is 1. The van der Waals surface area contributed by atoms with E-state index in [-0.39, 0.29) is 0 Å². The Kier molecular flexibility index (Phi) is 6.22. The molecule has 100 valence electrons. The number of nitrogens with zero attached hydrogens (tertiary/aromatic N) is 3. The van der Waals surface area contributed by atoms with Crippen molar-refractivity contribution in [3.05, 3.63) is 29.8 Å². The van der Waals surface area contributed by atoms with Crippen LogP contribution in [0.5, 0.6) is 0 Å². The van der Waals surface area contributed by atoms with Crippen LogP contribution in [0.4, 0.5) is 5.69 Å². The second-order valence-corrected chi connectivity index (χ2v) is 5.39. The van der Waals surface area contributed by atoms with Crippen molar-refractivity contribution in [2.75, 3.05) is 27.2 Å². The van der Waals surface area contributed by atoms with E-state index in [0.29, 0.717) is 0 Å². The Balaban J connectivity index is 2.87. The minimum Gasteiger partial charge on any atom is -0.356 e. The molecule has 1 aromatic rings. The summed E-state index contributed by atoms with van der Waals surface area (Å²) in [6.07, 6.45) is 0. The number of hydrogen-bond donors (Lipinski definition) is 0. The number of aliphatic imine (C=N–C) groups is 1. The fourth-order valence-corrected chi connectivity index (χ4v) is 2.20. The Morgan fingerprint density at radius 2 is 1.67 bits per heavy atom. The molecule has 0 saturated heterocycles. The third kappa shape index (κ3) is 4.70. The van der Waals surface area contributed by atoms with Crippen molar-refractivity contribution in [3.8, 4) is 0 Å². The molecule has 0 aromatic heterocycles. The van der Waals surface area contributed by atoms with Crippen LogP contribution in [-0.2, 0) is 0 Å². The van der Waals surface area contributed by atoms with Gasteiger partial charge < -0.3 is 4.90 Å². The zero-order valence-electron chi connectivity index (χ0n) is 12.0. The summed E-state index contributed by atoms with van der Waals surface area (Å²) in [7, 11) is 4.06. The fraction of sp³-hybridized carbons (Fsp3) is 0.500. The summed E-state index contributed by atoms with van der Waals surface area (Å²) in [6, 6.07) is 8.30. The van der Waals surface area contributed by atoms with Crippen LogP contribution < -0.4 is 0 Å². The number of hydrogen-bond acceptors (Lipinski definition) is 3. The molecule has 0 aliphatic heterocycles. The van der Waals surface area contributed by atoms with E-state index in [1.54, 1.807) is 11.9 Å². The highest BCUT2D eigenvalue weighted by molar-refractivity contribution is 8.11. The highest BCUT2D eigenvalue weighted by atomic mass is 32.2. The topological polar surface area (TPSA) is 18.8 Å². The average molecular weight is 265 g/mol. The minimum absolute atomic E-state index is 1.00. The van der Waals surface area contributed by atoms with Crippen LogP contribution in [-0.4, -0.2) is 41.6 Å². The van der Waals surface area contributed by atoms with E-state index < -0.39 is 0 Å². The number of aryl methyl sites for hydroxylation is 1. The van der Waals surface area contributed by atoms with Gasteiger partial charge in [0.15, 0.2) is 5.17 Å². The molecular formula is C14H23N3S. The zero-order valence-corrected chi connectivity index (χ0v) is 12.8. The van der Waals surface area contributed by atoms with Gasteiger partial charge in [0.05, 0.1) is 5.69 Å². The lowest BCUT2D eigenvalue weighted by Gasteiger charge is -2.22. The van der Waals surface area contributed by atoms with Gasteiger partial charge in [-0.15, -0.1) is 0 Å². The number of rotatable bonds is 4. The molecule has 0 unspecified atom stereocenters. The van der Waals surface area contributed by atoms with Crippen molar-refractivity contribution in [1.82, 2.24) is 9.21 Å². The van der Waals surface area contributed by atoms with E-state index in [1.165, 1.54) is 5.56 Å². The minimum atomic E-state index is 1.00. The van der Waals surface area contributed by atoms with Gasteiger partial charge in [0.1, 0.15) is 0 Å². The molecule has 0 bridgehead atoms. The van der Waals surface area contributed by atoms with Crippen molar-refractivity contribution in [3.63, 3.8) is 0 Å². The lowest BCUT2D eigenvalue weighted by atomic mass is 10.2. The van der Waals surface area contributed by atoms with Gasteiger partial charge in [-0.3, -0.25) is 0 Å². The summed E-state index contributed by atoms with van der Waals surface area (Å²) in [6.45, 7) is 8.44. The van der Waals surface area contributed by atoms with Crippen LogP contribution in [0.2, 0.25) is 0 Å². The standard InChI is InChI=1S/C14H23N3S/c1-6-17(7-2)18-14(16(4)5)15-13-10-8-12(3)9-11-13/h8-11H,6-7H2,1-5H3. The molecule has 3 nitrogen and oxygen atoms in total. The Morgan fingerprint density at radius 3 is 2.11 bits per heavy atom. The fourth-order valence-electron chi connectivity index (χ4n) is 1.40. The highest BCUT2D eigenvalue weighted by Crippen LogP contribution is 2.19. The van der Waals surface area contributed by atoms with Gasteiger partial charge in [0.2, 0.25) is 0 Å². The largest absolute Gasteiger partial charge is 0.356 e. The van der Waals surface area contributed by atoms with E-state index in [9.17, 15) is 0 Å². The van der Waals surface area contributed by atoms with Gasteiger partial charge in [-0.25, -0.2) is 9.30 Å². The Labute approximate surface area is 115 Å². The summed E-state index contributed by atoms with van der Waals surface area (Å²) < 4.78 is 2.28. The Morgan fingerprint density at radius 1 is 1.11 bits per heavy atom. The molecule has 0 spiro atoms. The van der Waals surface area contributed by atoms with Crippen LogP contribution in [0.1, 0.15) is 19.4 Å². The van der Waals surface area contributed by atoms with Gasteiger partial charge in [0, 0.05) is 27.2 Å². The van der Waals surface area contributed by atoms with Crippen LogP contribution in [0.3, 0.4) is 0 Å². The first-order chi connectivity index (χ1) is 8.56. The summed E-state index contributed by atoms with van der Waals surface area (Å²) in [5, 5.41) is 1.02. The van der Waals surface area contributed by atoms with Crippen molar-refractivity contribution < 1.29 is 0 Å². The first kappa shape index (κ1) is 15.1. The molecule has 0 aliphatic rings. The van der Waals surface area contributed by atoms with Crippen molar-refractivity contribution in [2.45, 2.75) is 20.8 Å². The molecule has 4 heteroatoms. The lowest BCUT2D eigenvalue weighted by Crippen LogP contribution is -2.25. The Hall–Kier alpha value is -1.00. The maximum atomic E-state index is 4.70. The zero-order chi connectivity index (χ0) is 13.5. The van der Waals surface area contributed by atoms with Gasteiger partial charge >= 0.3 is 0 Å². The molecule has 0 heterocycles. The summed E-state index contributed by atoms with van der Waals surface area (Å²) in [4.78, 5) is 6.76. The van der Waals surface area contributed by atoms with Gasteiger partial charge in [-0.05, 0) is 31.0 Å². The van der Waals surface area contributed by atoms with E-state index in [4.69, 9.17) is 4.99 Å². The molecule has 0 radical (unpaired) electrons. The highest BCUT2D eigenvalue weighted by Gasteiger charge is 2.09. The summed E-state index contributed by atoms with van der Waals surface area (Å²) in [5.41, 5.74) is 2.26. The molecule has 0 N–H and O–H groups in total. The SMILES string of the molecule is CCN(CC)SC(=Nc1ccc(C)cc1)N(C)C. The molecular weight excluding hydrogens is 242 g/mol. The smallest absolute Gasteiger partial charge is 0.179 e. The molecule has 18 heavy (non-hydrogen) atoms. The van der Waals surface area contributed by atoms with Gasteiger partial charge in [-0.1, -0.05) is 31.5 Å². The second kappa shape index (κ2) is 7.44. The first-order valence-corrected chi connectivity index (χ1v) is 7.09. The molecule has 0 fully saturated rings. The lowest BCUT2D eigenvalue weighted by molar-refractivity contribution is 0.525. The van der Waals surface area contributed by atoms with Crippen LogP contribution in [0.15, 0.2) is 29.3 Å². The van der Waals surface area contributed by atoms with Gasteiger partial charge in [-0.2, -0.15) is 0 Å². The monoisotopic (exact) mass is 265 g/mol. The van der Waals surface area contributed by atoms with Crippen LogP contribution in [0.25, 0.3) is 0 Å². The molecule has 1 rings (SSSR count).